The average Bonchev–Trinajstić information content (AvgIpc) is 2.83. The van der Waals surface area contributed by atoms with Crippen LogP contribution < -0.4 is 4.74 Å². The molecule has 1 heterocycles. The molecule has 0 aromatic heterocycles. The van der Waals surface area contributed by atoms with Crippen molar-refractivity contribution in [1.29, 1.82) is 0 Å². The van der Waals surface area contributed by atoms with Crippen LogP contribution in [0.4, 0.5) is 8.78 Å². The summed E-state index contributed by atoms with van der Waals surface area (Å²) < 4.78 is 40.0. The van der Waals surface area contributed by atoms with E-state index in [1.54, 1.807) is 19.1 Å². The summed E-state index contributed by atoms with van der Waals surface area (Å²) >= 11 is 0. The van der Waals surface area contributed by atoms with Crippen LogP contribution in [-0.4, -0.2) is 18.7 Å². The van der Waals surface area contributed by atoms with E-state index in [0.717, 1.165) is 24.3 Å². The number of esters is 1. The van der Waals surface area contributed by atoms with Gasteiger partial charge in [-0.25, -0.2) is 9.18 Å². The number of benzene rings is 2. The molecular weight excluding hydrogens is 422 g/mol. The number of rotatable bonds is 8. The molecule has 1 fully saturated rings. The fraction of sp³-hybridized carbons (Fsp3) is 0.536. The Balaban J connectivity index is 1.45. The lowest BCUT2D eigenvalue weighted by Gasteiger charge is -2.36. The normalized spacial score (nSPS) is 22.5. The van der Waals surface area contributed by atoms with E-state index >= 15 is 0 Å². The van der Waals surface area contributed by atoms with Gasteiger partial charge < -0.3 is 9.47 Å². The van der Waals surface area contributed by atoms with E-state index in [0.29, 0.717) is 23.5 Å². The van der Waals surface area contributed by atoms with Gasteiger partial charge in [0.05, 0.1) is 12.2 Å². The molecule has 5 heteroatoms. The van der Waals surface area contributed by atoms with Gasteiger partial charge in [-0.15, -0.1) is 0 Å². The van der Waals surface area contributed by atoms with Crippen molar-refractivity contribution in [2.24, 2.45) is 11.8 Å². The molecule has 3 nitrogen and oxygen atoms in total. The molecule has 0 amide bonds. The highest BCUT2D eigenvalue weighted by Gasteiger charge is 2.34. The van der Waals surface area contributed by atoms with Crippen LogP contribution in [0.15, 0.2) is 30.3 Å². The van der Waals surface area contributed by atoms with Crippen LogP contribution in [0, 0.1) is 23.5 Å². The minimum absolute atomic E-state index is 0.0906. The van der Waals surface area contributed by atoms with Crippen LogP contribution >= 0.6 is 0 Å². The van der Waals surface area contributed by atoms with Gasteiger partial charge in [-0.3, -0.25) is 0 Å². The van der Waals surface area contributed by atoms with E-state index < -0.39 is 11.6 Å². The summed E-state index contributed by atoms with van der Waals surface area (Å²) in [6, 6.07) is 8.15. The lowest BCUT2D eigenvalue weighted by Crippen LogP contribution is -2.36. The number of fused-ring (bicyclic) bond motifs is 1. The number of carbonyl (C=O) groups is 1. The maximum absolute atomic E-state index is 14.7. The second-order valence-electron chi connectivity index (χ2n) is 9.47. The Morgan fingerprint density at radius 1 is 0.970 bits per heavy atom. The summed E-state index contributed by atoms with van der Waals surface area (Å²) in [6.45, 7) is 4.21. The van der Waals surface area contributed by atoms with Gasteiger partial charge in [-0.05, 0) is 60.9 Å². The van der Waals surface area contributed by atoms with E-state index in [1.807, 2.05) is 6.07 Å². The largest absolute Gasteiger partial charge is 0.491 e. The number of hydrogen-bond acceptors (Lipinski definition) is 3. The molecule has 2 aromatic carbocycles. The lowest BCUT2D eigenvalue weighted by atomic mass is 9.75. The second-order valence-corrected chi connectivity index (χ2v) is 9.47. The SMILES string of the molecule is CCCCCC1CCC(C2Cc3ccc(-c4ccc(OCC)c(F)c4F)cc3C(=O)O2)CC1. The highest BCUT2D eigenvalue weighted by molar-refractivity contribution is 5.94. The molecule has 0 spiro atoms. The summed E-state index contributed by atoms with van der Waals surface area (Å²) in [5.41, 5.74) is 1.94. The van der Waals surface area contributed by atoms with Gasteiger partial charge in [-0.2, -0.15) is 4.39 Å². The Morgan fingerprint density at radius 3 is 2.48 bits per heavy atom. The summed E-state index contributed by atoms with van der Waals surface area (Å²) in [5.74, 6) is -1.24. The van der Waals surface area contributed by atoms with Gasteiger partial charge in [0.2, 0.25) is 5.82 Å². The van der Waals surface area contributed by atoms with Crippen molar-refractivity contribution in [1.82, 2.24) is 0 Å². The molecule has 4 rings (SSSR count). The first-order chi connectivity index (χ1) is 16.0. The Labute approximate surface area is 195 Å². The van der Waals surface area contributed by atoms with Crippen LogP contribution in [0.25, 0.3) is 11.1 Å². The Morgan fingerprint density at radius 2 is 1.76 bits per heavy atom. The predicted octanol–water partition coefficient (Wildman–Crippen LogP) is 7.50. The van der Waals surface area contributed by atoms with Gasteiger partial charge in [0.25, 0.3) is 0 Å². The molecule has 2 aliphatic rings. The van der Waals surface area contributed by atoms with Crippen molar-refractivity contribution in [3.05, 3.63) is 53.1 Å². The third-order valence-corrected chi connectivity index (χ3v) is 7.30. The highest BCUT2D eigenvalue weighted by atomic mass is 19.2. The predicted molar refractivity (Wildman–Crippen MR) is 125 cm³/mol. The molecule has 0 bridgehead atoms. The number of ether oxygens (including phenoxy) is 2. The van der Waals surface area contributed by atoms with Gasteiger partial charge in [0.15, 0.2) is 11.6 Å². The molecule has 1 aliphatic heterocycles. The molecule has 1 atom stereocenters. The summed E-state index contributed by atoms with van der Waals surface area (Å²) in [4.78, 5) is 12.8. The fourth-order valence-corrected chi connectivity index (χ4v) is 5.39. The van der Waals surface area contributed by atoms with Gasteiger partial charge in [0, 0.05) is 12.0 Å². The minimum atomic E-state index is -1.01. The third kappa shape index (κ3) is 5.23. The van der Waals surface area contributed by atoms with Crippen molar-refractivity contribution in [2.75, 3.05) is 6.61 Å². The van der Waals surface area contributed by atoms with E-state index in [9.17, 15) is 13.6 Å². The molecule has 1 saturated carbocycles. The molecule has 0 N–H and O–H groups in total. The monoisotopic (exact) mass is 456 g/mol. The van der Waals surface area contributed by atoms with Crippen LogP contribution in [0.1, 0.15) is 81.1 Å². The van der Waals surface area contributed by atoms with E-state index in [4.69, 9.17) is 9.47 Å². The van der Waals surface area contributed by atoms with Crippen LogP contribution in [0.2, 0.25) is 0 Å². The number of unbranched alkanes of at least 4 members (excludes halogenated alkanes) is 2. The van der Waals surface area contributed by atoms with Gasteiger partial charge >= 0.3 is 5.97 Å². The smallest absolute Gasteiger partial charge is 0.338 e. The van der Waals surface area contributed by atoms with E-state index in [-0.39, 0.29) is 30.0 Å². The topological polar surface area (TPSA) is 35.5 Å². The zero-order chi connectivity index (χ0) is 23.4. The van der Waals surface area contributed by atoms with Crippen LogP contribution in [0.5, 0.6) is 5.75 Å². The number of hydrogen-bond donors (Lipinski definition) is 0. The molecule has 2 aromatic rings. The Bertz CT molecular complexity index is 979. The van der Waals surface area contributed by atoms with E-state index in [1.165, 1.54) is 50.7 Å². The minimum Gasteiger partial charge on any atom is -0.491 e. The number of cyclic esters (lactones) is 1. The van der Waals surface area contributed by atoms with Crippen molar-refractivity contribution in [3.8, 4) is 16.9 Å². The number of halogens is 2. The molecule has 0 saturated heterocycles. The zero-order valence-corrected chi connectivity index (χ0v) is 19.7. The number of carbonyl (C=O) groups excluding carboxylic acids is 1. The fourth-order valence-electron chi connectivity index (χ4n) is 5.39. The quantitative estimate of drug-likeness (QED) is 0.305. The zero-order valence-electron chi connectivity index (χ0n) is 19.7. The molecule has 178 valence electrons. The van der Waals surface area contributed by atoms with Gasteiger partial charge in [0.1, 0.15) is 6.10 Å². The first-order valence-corrected chi connectivity index (χ1v) is 12.5. The Kier molecular flexibility index (Phi) is 7.67. The maximum Gasteiger partial charge on any atom is 0.338 e. The van der Waals surface area contributed by atoms with Crippen molar-refractivity contribution in [3.63, 3.8) is 0 Å². The van der Waals surface area contributed by atoms with Crippen LogP contribution in [0.3, 0.4) is 0 Å². The first-order valence-electron chi connectivity index (χ1n) is 12.5. The summed E-state index contributed by atoms with van der Waals surface area (Å²) in [7, 11) is 0. The standard InChI is InChI=1S/C28H34F2O3/c1-3-5-6-7-18-8-10-19(11-9-18)25-17-21-13-12-20(16-23(21)28(31)33-25)22-14-15-24(32-4-2)27(30)26(22)29/h12-16,18-19,25H,3-11,17H2,1-2H3. The van der Waals surface area contributed by atoms with Crippen LogP contribution in [-0.2, 0) is 11.2 Å². The van der Waals surface area contributed by atoms with Crippen molar-refractivity contribution < 1.29 is 23.0 Å². The molecular formula is C28H34F2O3. The average molecular weight is 457 g/mol. The van der Waals surface area contributed by atoms with Crippen molar-refractivity contribution in [2.45, 2.75) is 77.7 Å². The lowest BCUT2D eigenvalue weighted by molar-refractivity contribution is -0.000307. The molecule has 1 aliphatic carbocycles. The Hall–Kier alpha value is -2.43. The van der Waals surface area contributed by atoms with Gasteiger partial charge in [-0.1, -0.05) is 57.6 Å². The molecule has 1 unspecified atom stereocenters. The summed E-state index contributed by atoms with van der Waals surface area (Å²) in [6.07, 6.45) is 10.5. The van der Waals surface area contributed by atoms with Crippen molar-refractivity contribution >= 4 is 5.97 Å². The molecule has 0 radical (unpaired) electrons. The van der Waals surface area contributed by atoms with E-state index in [2.05, 4.69) is 6.92 Å². The second kappa shape index (κ2) is 10.7. The summed E-state index contributed by atoms with van der Waals surface area (Å²) in [5, 5.41) is 0. The highest BCUT2D eigenvalue weighted by Crippen LogP contribution is 2.38. The third-order valence-electron chi connectivity index (χ3n) is 7.30. The maximum atomic E-state index is 14.7. The first kappa shape index (κ1) is 23.7. The molecule has 33 heavy (non-hydrogen) atoms.